The molecule has 124 valence electrons. The molecule has 0 spiro atoms. The Labute approximate surface area is 148 Å². The quantitative estimate of drug-likeness (QED) is 0.646. The number of carbonyl (C=O) groups excluding carboxylic acids is 2. The topological polar surface area (TPSA) is 66.8 Å². The fraction of sp³-hybridized carbons (Fsp3) is 0.176. The molecule has 3 rings (SSSR count). The molecule has 1 heterocycles. The van der Waals surface area contributed by atoms with E-state index < -0.39 is 0 Å². The smallest absolute Gasteiger partial charge is 0.261 e. The van der Waals surface area contributed by atoms with Crippen LogP contribution in [0.4, 0.5) is 0 Å². The third kappa shape index (κ3) is 3.05. The zero-order chi connectivity index (χ0) is 17.3. The van der Waals surface area contributed by atoms with Gasteiger partial charge in [0.25, 0.3) is 11.8 Å². The second-order valence-corrected chi connectivity index (χ2v) is 6.06. The fourth-order valence-corrected chi connectivity index (χ4v) is 3.11. The maximum atomic E-state index is 12.2. The molecule has 24 heavy (non-hydrogen) atoms. The van der Waals surface area contributed by atoms with Crippen molar-refractivity contribution in [3.8, 4) is 11.5 Å². The van der Waals surface area contributed by atoms with Crippen LogP contribution in [0.5, 0.6) is 11.5 Å². The van der Waals surface area contributed by atoms with Gasteiger partial charge in [-0.25, -0.2) is 0 Å². The number of halogens is 2. The Balaban J connectivity index is 1.59. The van der Waals surface area contributed by atoms with Crippen LogP contribution in [0.3, 0.4) is 0 Å². The number of benzene rings is 2. The van der Waals surface area contributed by atoms with E-state index in [1.807, 2.05) is 0 Å². The minimum Gasteiger partial charge on any atom is -0.508 e. The lowest BCUT2D eigenvalue weighted by atomic mass is 10.1. The van der Waals surface area contributed by atoms with Gasteiger partial charge in [0.05, 0.1) is 27.8 Å². The van der Waals surface area contributed by atoms with Crippen molar-refractivity contribution < 1.29 is 19.4 Å². The van der Waals surface area contributed by atoms with E-state index in [2.05, 4.69) is 0 Å². The molecule has 1 aliphatic heterocycles. The van der Waals surface area contributed by atoms with Crippen molar-refractivity contribution >= 4 is 35.0 Å². The molecule has 0 unspecified atom stereocenters. The van der Waals surface area contributed by atoms with E-state index in [0.717, 1.165) is 0 Å². The van der Waals surface area contributed by atoms with E-state index in [1.165, 1.54) is 17.0 Å². The zero-order valence-corrected chi connectivity index (χ0v) is 14.0. The van der Waals surface area contributed by atoms with Gasteiger partial charge < -0.3 is 9.84 Å². The molecule has 0 fully saturated rings. The van der Waals surface area contributed by atoms with Gasteiger partial charge in [-0.05, 0) is 18.6 Å². The number of phenols is 1. The van der Waals surface area contributed by atoms with Crippen LogP contribution in [0, 0.1) is 0 Å². The molecule has 1 aliphatic rings. The number of phenolic OH excluding ortho intramolecular Hbond substituents is 1. The standard InChI is InChI=1S/C17H13Cl2NO4/c18-13-8-10(21)9-14(19)15(13)24-7-3-6-20-16(22)11-4-1-2-5-12(11)17(20)23/h1-2,4-5,8-9,21H,3,6-7H2. The zero-order valence-electron chi connectivity index (χ0n) is 12.5. The molecule has 0 atom stereocenters. The van der Waals surface area contributed by atoms with E-state index in [-0.39, 0.29) is 46.5 Å². The molecule has 0 saturated heterocycles. The maximum Gasteiger partial charge on any atom is 0.261 e. The SMILES string of the molecule is O=C1c2ccccc2C(=O)N1CCCOc1c(Cl)cc(O)cc1Cl. The minimum absolute atomic E-state index is 0.0524. The van der Waals surface area contributed by atoms with Crippen molar-refractivity contribution in [3.05, 3.63) is 57.6 Å². The van der Waals surface area contributed by atoms with Crippen LogP contribution in [0.1, 0.15) is 27.1 Å². The van der Waals surface area contributed by atoms with E-state index >= 15 is 0 Å². The first-order valence-corrected chi connectivity index (χ1v) is 8.00. The number of carbonyl (C=O) groups is 2. The lowest BCUT2D eigenvalue weighted by Gasteiger charge is -2.15. The Morgan fingerprint density at radius 3 is 2.08 bits per heavy atom. The molecule has 5 nitrogen and oxygen atoms in total. The summed E-state index contributed by atoms with van der Waals surface area (Å²) in [5.74, 6) is -0.380. The molecule has 0 saturated carbocycles. The highest BCUT2D eigenvalue weighted by molar-refractivity contribution is 6.37. The maximum absolute atomic E-state index is 12.2. The highest BCUT2D eigenvalue weighted by Crippen LogP contribution is 2.36. The molecule has 7 heteroatoms. The van der Waals surface area contributed by atoms with Crippen LogP contribution in [0.15, 0.2) is 36.4 Å². The first kappa shape index (κ1) is 16.6. The number of hydrogen-bond acceptors (Lipinski definition) is 4. The van der Waals surface area contributed by atoms with Gasteiger partial charge in [0.1, 0.15) is 5.75 Å². The summed E-state index contributed by atoms with van der Waals surface area (Å²) < 4.78 is 5.51. The molecule has 2 aromatic rings. The number of nitrogens with zero attached hydrogens (tertiary/aromatic N) is 1. The van der Waals surface area contributed by atoms with Crippen molar-refractivity contribution in [1.29, 1.82) is 0 Å². The van der Waals surface area contributed by atoms with Gasteiger partial charge in [0.2, 0.25) is 0 Å². The average molecular weight is 366 g/mol. The predicted molar refractivity (Wildman–Crippen MR) is 90.0 cm³/mol. The number of hydrogen-bond donors (Lipinski definition) is 1. The van der Waals surface area contributed by atoms with E-state index in [0.29, 0.717) is 17.5 Å². The van der Waals surface area contributed by atoms with Crippen LogP contribution >= 0.6 is 23.2 Å². The highest BCUT2D eigenvalue weighted by atomic mass is 35.5. The third-order valence-corrected chi connectivity index (χ3v) is 4.20. The minimum atomic E-state index is -0.295. The largest absolute Gasteiger partial charge is 0.508 e. The fourth-order valence-electron chi connectivity index (χ4n) is 2.52. The van der Waals surface area contributed by atoms with Gasteiger partial charge in [-0.3, -0.25) is 14.5 Å². The summed E-state index contributed by atoms with van der Waals surface area (Å²) in [6.07, 6.45) is 0.430. The van der Waals surface area contributed by atoms with Crippen LogP contribution in [-0.4, -0.2) is 35.0 Å². The predicted octanol–water partition coefficient (Wildman–Crippen LogP) is 3.76. The van der Waals surface area contributed by atoms with E-state index in [1.54, 1.807) is 24.3 Å². The summed E-state index contributed by atoms with van der Waals surface area (Å²) in [6.45, 7) is 0.456. The van der Waals surface area contributed by atoms with Crippen LogP contribution in [-0.2, 0) is 0 Å². The van der Waals surface area contributed by atoms with Gasteiger partial charge in [-0.1, -0.05) is 35.3 Å². The van der Waals surface area contributed by atoms with Crippen molar-refractivity contribution in [3.63, 3.8) is 0 Å². The second-order valence-electron chi connectivity index (χ2n) is 5.25. The van der Waals surface area contributed by atoms with E-state index in [4.69, 9.17) is 27.9 Å². The normalized spacial score (nSPS) is 13.3. The molecule has 0 aromatic heterocycles. The number of amides is 2. The summed E-state index contributed by atoms with van der Waals surface area (Å²) in [4.78, 5) is 25.6. The highest BCUT2D eigenvalue weighted by Gasteiger charge is 2.34. The Morgan fingerprint density at radius 1 is 1.00 bits per heavy atom. The molecule has 0 bridgehead atoms. The van der Waals surface area contributed by atoms with Gasteiger partial charge in [-0.15, -0.1) is 0 Å². The molecule has 1 N–H and O–H groups in total. The van der Waals surface area contributed by atoms with Crippen molar-refractivity contribution in [2.24, 2.45) is 0 Å². The summed E-state index contributed by atoms with van der Waals surface area (Å²) >= 11 is 11.9. The third-order valence-electron chi connectivity index (χ3n) is 3.63. The molecular formula is C17H13Cl2NO4. The number of fused-ring (bicyclic) bond motifs is 1. The number of imide groups is 1. The monoisotopic (exact) mass is 365 g/mol. The Bertz CT molecular complexity index is 764. The van der Waals surface area contributed by atoms with Gasteiger partial charge >= 0.3 is 0 Å². The van der Waals surface area contributed by atoms with Gasteiger partial charge in [0, 0.05) is 18.7 Å². The first-order valence-electron chi connectivity index (χ1n) is 7.25. The van der Waals surface area contributed by atoms with Gasteiger partial charge in [-0.2, -0.15) is 0 Å². The van der Waals surface area contributed by atoms with E-state index in [9.17, 15) is 14.7 Å². The molecule has 2 amide bonds. The molecular weight excluding hydrogens is 353 g/mol. The first-order chi connectivity index (χ1) is 11.5. The van der Waals surface area contributed by atoms with Crippen LogP contribution in [0.25, 0.3) is 0 Å². The molecule has 0 aliphatic carbocycles. The van der Waals surface area contributed by atoms with Crippen LogP contribution in [0.2, 0.25) is 10.0 Å². The average Bonchev–Trinajstić information content (AvgIpc) is 2.78. The summed E-state index contributed by atoms with van der Waals surface area (Å²) in [5.41, 5.74) is 0.848. The number of aromatic hydroxyl groups is 1. The summed E-state index contributed by atoms with van der Waals surface area (Å²) in [6, 6.07) is 9.39. The molecule has 2 aromatic carbocycles. The summed E-state index contributed by atoms with van der Waals surface area (Å²) in [5, 5.41) is 9.76. The Morgan fingerprint density at radius 2 is 1.54 bits per heavy atom. The second kappa shape index (κ2) is 6.71. The number of ether oxygens (including phenoxy) is 1. The molecule has 0 radical (unpaired) electrons. The van der Waals surface area contributed by atoms with Crippen molar-refractivity contribution in [2.45, 2.75) is 6.42 Å². The van der Waals surface area contributed by atoms with Gasteiger partial charge in [0.15, 0.2) is 5.75 Å². The van der Waals surface area contributed by atoms with Crippen molar-refractivity contribution in [1.82, 2.24) is 4.90 Å². The number of rotatable bonds is 5. The van der Waals surface area contributed by atoms with Crippen molar-refractivity contribution in [2.75, 3.05) is 13.2 Å². The van der Waals surface area contributed by atoms with Crippen LogP contribution < -0.4 is 4.74 Å². The lowest BCUT2D eigenvalue weighted by molar-refractivity contribution is 0.0646. The lowest BCUT2D eigenvalue weighted by Crippen LogP contribution is -2.31. The Hall–Kier alpha value is -2.24. The Kier molecular flexibility index (Phi) is 4.64. The summed E-state index contributed by atoms with van der Waals surface area (Å²) in [7, 11) is 0.